The van der Waals surface area contributed by atoms with Crippen LogP contribution in [0.5, 0.6) is 0 Å². The van der Waals surface area contributed by atoms with Crippen molar-refractivity contribution < 1.29 is 14.3 Å². The number of ether oxygens (including phenoxy) is 2. The molecule has 0 aliphatic heterocycles. The third-order valence-electron chi connectivity index (χ3n) is 4.32. The van der Waals surface area contributed by atoms with E-state index in [1.165, 1.54) is 12.0 Å². The fourth-order valence-corrected chi connectivity index (χ4v) is 4.28. The summed E-state index contributed by atoms with van der Waals surface area (Å²) in [7, 11) is 6.97. The van der Waals surface area contributed by atoms with Crippen LogP contribution in [0.1, 0.15) is 39.9 Å². The van der Waals surface area contributed by atoms with Gasteiger partial charge in [0.1, 0.15) is 5.01 Å². The predicted octanol–water partition coefficient (Wildman–Crippen LogP) is 3.69. The molecule has 3 rings (SSSR count). The molecule has 0 amide bonds. The van der Waals surface area contributed by atoms with Crippen molar-refractivity contribution in [3.05, 3.63) is 34.3 Å². The Morgan fingerprint density at radius 2 is 2.12 bits per heavy atom. The van der Waals surface area contributed by atoms with Gasteiger partial charge in [0.15, 0.2) is 0 Å². The molecule has 0 saturated carbocycles. The van der Waals surface area contributed by atoms with Crippen LogP contribution >= 0.6 is 11.3 Å². The number of carbonyl (C=O) groups is 1. The number of esters is 1. The number of hydrogen-bond donors (Lipinski definition) is 0. The van der Waals surface area contributed by atoms with Gasteiger partial charge in [-0.05, 0) is 37.5 Å². The number of aryl methyl sites for hydroxylation is 1. The number of nitrogens with zero attached hydrogens (tertiary/aromatic N) is 2. The van der Waals surface area contributed by atoms with Crippen LogP contribution in [0.15, 0.2) is 18.2 Å². The fourth-order valence-electron chi connectivity index (χ4n) is 3.06. The largest absolute Gasteiger partial charge is 0.465 e. The third kappa shape index (κ3) is 3.03. The predicted molar refractivity (Wildman–Crippen MR) is 95.9 cm³/mol. The van der Waals surface area contributed by atoms with Crippen LogP contribution in [-0.2, 0) is 15.9 Å². The molecule has 0 N–H and O–H groups in total. The van der Waals surface area contributed by atoms with Gasteiger partial charge in [-0.3, -0.25) is 0 Å². The minimum atomic E-state index is -0.336. The molecule has 2 aromatic rings. The summed E-state index contributed by atoms with van der Waals surface area (Å²) >= 11 is 1.66. The van der Waals surface area contributed by atoms with Gasteiger partial charge in [-0.1, -0.05) is 0 Å². The van der Waals surface area contributed by atoms with Crippen molar-refractivity contribution in [1.29, 1.82) is 0 Å². The lowest BCUT2D eigenvalue weighted by Crippen LogP contribution is -2.14. The summed E-state index contributed by atoms with van der Waals surface area (Å²) in [6.07, 6.45) is 3.27. The highest BCUT2D eigenvalue weighted by atomic mass is 32.1. The molecule has 1 aliphatic rings. The van der Waals surface area contributed by atoms with Gasteiger partial charge in [-0.2, -0.15) is 0 Å². The van der Waals surface area contributed by atoms with E-state index in [0.717, 1.165) is 41.2 Å². The second kappa shape index (κ2) is 6.91. The summed E-state index contributed by atoms with van der Waals surface area (Å²) in [6.45, 7) is 0. The molecule has 1 aliphatic carbocycles. The summed E-state index contributed by atoms with van der Waals surface area (Å²) in [4.78, 5) is 20.0. The maximum absolute atomic E-state index is 12.1. The maximum Gasteiger partial charge on any atom is 0.339 e. The Morgan fingerprint density at radius 1 is 1.33 bits per heavy atom. The van der Waals surface area contributed by atoms with E-state index in [1.807, 2.05) is 37.2 Å². The number of methoxy groups -OCH3 is 2. The highest BCUT2D eigenvalue weighted by molar-refractivity contribution is 7.15. The van der Waals surface area contributed by atoms with E-state index in [1.54, 1.807) is 18.4 Å². The van der Waals surface area contributed by atoms with Gasteiger partial charge in [-0.25, -0.2) is 9.78 Å². The van der Waals surface area contributed by atoms with E-state index in [4.69, 9.17) is 14.5 Å². The number of rotatable bonds is 4. The molecule has 1 unspecified atom stereocenters. The van der Waals surface area contributed by atoms with E-state index in [2.05, 4.69) is 0 Å². The zero-order valence-electron chi connectivity index (χ0n) is 14.5. The maximum atomic E-state index is 12.1. The molecule has 1 atom stereocenters. The van der Waals surface area contributed by atoms with E-state index in [9.17, 15) is 4.79 Å². The summed E-state index contributed by atoms with van der Waals surface area (Å²) in [5.41, 5.74) is 3.46. The third-order valence-corrected chi connectivity index (χ3v) is 5.55. The van der Waals surface area contributed by atoms with Crippen LogP contribution in [-0.4, -0.2) is 39.3 Å². The van der Waals surface area contributed by atoms with Gasteiger partial charge < -0.3 is 14.4 Å². The molecule has 0 fully saturated rings. The Morgan fingerprint density at radius 3 is 2.79 bits per heavy atom. The first kappa shape index (κ1) is 16.9. The molecule has 1 aromatic heterocycles. The van der Waals surface area contributed by atoms with Crippen LogP contribution in [0.3, 0.4) is 0 Å². The van der Waals surface area contributed by atoms with E-state index in [-0.39, 0.29) is 12.1 Å². The lowest BCUT2D eigenvalue weighted by molar-refractivity contribution is 0.0601. The fraction of sp³-hybridized carbons (Fsp3) is 0.444. The number of hydrogen-bond acceptors (Lipinski definition) is 6. The van der Waals surface area contributed by atoms with Gasteiger partial charge in [0, 0.05) is 26.8 Å². The topological polar surface area (TPSA) is 51.7 Å². The summed E-state index contributed by atoms with van der Waals surface area (Å²) in [5.74, 6) is -0.336. The monoisotopic (exact) mass is 346 g/mol. The highest BCUT2D eigenvalue weighted by Gasteiger charge is 2.25. The molecule has 6 heteroatoms. The molecule has 0 radical (unpaired) electrons. The first-order chi connectivity index (χ1) is 11.5. The average Bonchev–Trinajstić information content (AvgIpc) is 3.04. The molecule has 128 valence electrons. The average molecular weight is 346 g/mol. The van der Waals surface area contributed by atoms with Crippen molar-refractivity contribution in [2.75, 3.05) is 33.2 Å². The van der Waals surface area contributed by atoms with E-state index >= 15 is 0 Å². The van der Waals surface area contributed by atoms with Crippen molar-refractivity contribution in [2.24, 2.45) is 0 Å². The van der Waals surface area contributed by atoms with Gasteiger partial charge >= 0.3 is 5.97 Å². The quantitative estimate of drug-likeness (QED) is 0.790. The number of carbonyl (C=O) groups excluding carboxylic acids is 1. The molecule has 1 heterocycles. The Balaban J connectivity index is 2.04. The van der Waals surface area contributed by atoms with Crippen LogP contribution in [0, 0.1) is 0 Å². The number of benzene rings is 1. The molecule has 5 nitrogen and oxygen atoms in total. The summed E-state index contributed by atoms with van der Waals surface area (Å²) < 4.78 is 10.5. The SMILES string of the molecule is COC(=O)c1cc(-c2nc3c(s2)C(OC)CCC3)ccc1N(C)C. The van der Waals surface area contributed by atoms with Crippen molar-refractivity contribution in [3.8, 4) is 10.6 Å². The standard InChI is InChI=1S/C18H22N2O3S/c1-20(2)14-9-8-11(10-12(14)18(21)23-4)17-19-13-6-5-7-15(22-3)16(13)24-17/h8-10,15H,5-7H2,1-4H3. The molecule has 1 aromatic carbocycles. The highest BCUT2D eigenvalue weighted by Crippen LogP contribution is 2.40. The Hall–Kier alpha value is -1.92. The van der Waals surface area contributed by atoms with Crippen molar-refractivity contribution in [1.82, 2.24) is 4.98 Å². The number of anilines is 1. The summed E-state index contributed by atoms with van der Waals surface area (Å²) in [5, 5.41) is 0.930. The van der Waals surface area contributed by atoms with E-state index < -0.39 is 0 Å². The second-order valence-electron chi connectivity index (χ2n) is 6.06. The van der Waals surface area contributed by atoms with Crippen LogP contribution in [0.4, 0.5) is 5.69 Å². The molecule has 0 saturated heterocycles. The van der Waals surface area contributed by atoms with Gasteiger partial charge in [-0.15, -0.1) is 11.3 Å². The van der Waals surface area contributed by atoms with Gasteiger partial charge in [0.25, 0.3) is 0 Å². The van der Waals surface area contributed by atoms with Crippen LogP contribution < -0.4 is 4.90 Å². The van der Waals surface area contributed by atoms with Gasteiger partial charge in [0.2, 0.25) is 0 Å². The lowest BCUT2D eigenvalue weighted by Gasteiger charge is -2.19. The Bertz CT molecular complexity index is 755. The number of fused-ring (bicyclic) bond motifs is 1. The minimum absolute atomic E-state index is 0.140. The zero-order valence-corrected chi connectivity index (χ0v) is 15.3. The van der Waals surface area contributed by atoms with Gasteiger partial charge in [0.05, 0.1) is 35.0 Å². The van der Waals surface area contributed by atoms with Crippen molar-refractivity contribution in [3.63, 3.8) is 0 Å². The molecular weight excluding hydrogens is 324 g/mol. The lowest BCUT2D eigenvalue weighted by atomic mass is 10.0. The molecule has 24 heavy (non-hydrogen) atoms. The first-order valence-electron chi connectivity index (χ1n) is 7.97. The normalized spacial score (nSPS) is 16.6. The number of aromatic nitrogens is 1. The molecule has 0 bridgehead atoms. The second-order valence-corrected chi connectivity index (χ2v) is 7.10. The molecule has 0 spiro atoms. The zero-order chi connectivity index (χ0) is 17.3. The van der Waals surface area contributed by atoms with E-state index in [0.29, 0.717) is 5.56 Å². The Labute approximate surface area is 146 Å². The first-order valence-corrected chi connectivity index (χ1v) is 8.79. The number of thiazole rings is 1. The Kier molecular flexibility index (Phi) is 4.87. The smallest absolute Gasteiger partial charge is 0.339 e. The van der Waals surface area contributed by atoms with Crippen molar-refractivity contribution >= 4 is 23.0 Å². The molecular formula is C18H22N2O3S. The van der Waals surface area contributed by atoms with Crippen molar-refractivity contribution in [2.45, 2.75) is 25.4 Å². The van der Waals surface area contributed by atoms with Crippen LogP contribution in [0.25, 0.3) is 10.6 Å². The summed E-state index contributed by atoms with van der Waals surface area (Å²) in [6, 6.07) is 5.82. The van der Waals surface area contributed by atoms with Crippen LogP contribution in [0.2, 0.25) is 0 Å². The minimum Gasteiger partial charge on any atom is -0.465 e.